The third kappa shape index (κ3) is 3.36. The Balaban J connectivity index is 1.74. The molecule has 1 aliphatic heterocycles. The van der Waals surface area contributed by atoms with Gasteiger partial charge in [0, 0.05) is 11.6 Å². The number of carbonyl (C=O) groups excluding carboxylic acids is 3. The fourth-order valence-electron chi connectivity index (χ4n) is 2.61. The van der Waals surface area contributed by atoms with Crippen LogP contribution in [0, 0.1) is 15.9 Å². The zero-order chi connectivity index (χ0) is 19.7. The molecule has 138 valence electrons. The number of nitro groups is 1. The fourth-order valence-corrected chi connectivity index (χ4v) is 2.83. The molecule has 1 aliphatic rings. The number of esters is 1. The lowest BCUT2D eigenvalue weighted by molar-refractivity contribution is -0.385. The first kappa shape index (κ1) is 18.5. The molecule has 0 aromatic heterocycles. The molecule has 3 rings (SSSR count). The number of imide groups is 1. The summed E-state index contributed by atoms with van der Waals surface area (Å²) in [6.45, 7) is -1.26. The fraction of sp³-hybridized carbons (Fsp3) is 0.118. The van der Waals surface area contributed by atoms with Crippen LogP contribution in [0.3, 0.4) is 0 Å². The van der Waals surface area contributed by atoms with E-state index in [0.717, 1.165) is 12.1 Å². The summed E-state index contributed by atoms with van der Waals surface area (Å²) in [4.78, 5) is 47.5. The number of amides is 2. The Kier molecular flexibility index (Phi) is 4.87. The van der Waals surface area contributed by atoms with Crippen molar-refractivity contribution in [2.45, 2.75) is 6.61 Å². The van der Waals surface area contributed by atoms with Gasteiger partial charge in [-0.05, 0) is 18.2 Å². The number of nitro benzene ring substituents is 1. The topological polar surface area (TPSA) is 107 Å². The number of hydrogen-bond acceptors (Lipinski definition) is 6. The van der Waals surface area contributed by atoms with Crippen LogP contribution in [-0.2, 0) is 16.1 Å². The third-order valence-electron chi connectivity index (χ3n) is 3.90. The van der Waals surface area contributed by atoms with Gasteiger partial charge in [0.1, 0.15) is 24.5 Å². The second kappa shape index (κ2) is 7.12. The van der Waals surface area contributed by atoms with E-state index in [2.05, 4.69) is 0 Å². The highest BCUT2D eigenvalue weighted by Crippen LogP contribution is 2.30. The van der Waals surface area contributed by atoms with E-state index in [1.807, 2.05) is 0 Å². The van der Waals surface area contributed by atoms with Crippen LogP contribution >= 0.6 is 11.6 Å². The quantitative estimate of drug-likeness (QED) is 0.335. The molecule has 10 heteroatoms. The van der Waals surface area contributed by atoms with Gasteiger partial charge in [0.15, 0.2) is 0 Å². The zero-order valence-electron chi connectivity index (χ0n) is 13.5. The minimum Gasteiger partial charge on any atom is -0.459 e. The Labute approximate surface area is 156 Å². The number of nitrogens with zero attached hydrogens (tertiary/aromatic N) is 2. The summed E-state index contributed by atoms with van der Waals surface area (Å²) in [5.41, 5.74) is -1.12. The van der Waals surface area contributed by atoms with E-state index in [0.29, 0.717) is 4.90 Å². The molecule has 0 spiro atoms. The predicted molar refractivity (Wildman–Crippen MR) is 89.7 cm³/mol. The molecule has 2 amide bonds. The van der Waals surface area contributed by atoms with Gasteiger partial charge in [-0.2, -0.15) is 0 Å². The Hall–Kier alpha value is -3.33. The van der Waals surface area contributed by atoms with Crippen molar-refractivity contribution in [1.29, 1.82) is 0 Å². The van der Waals surface area contributed by atoms with Crippen LogP contribution < -0.4 is 0 Å². The number of rotatable bonds is 5. The first-order chi connectivity index (χ1) is 12.8. The average Bonchev–Trinajstić information content (AvgIpc) is 2.86. The summed E-state index contributed by atoms with van der Waals surface area (Å²) in [5, 5.41) is 11.1. The van der Waals surface area contributed by atoms with Crippen molar-refractivity contribution in [2.24, 2.45) is 0 Å². The third-order valence-corrected chi connectivity index (χ3v) is 4.25. The molecule has 0 saturated carbocycles. The van der Waals surface area contributed by atoms with Crippen molar-refractivity contribution in [3.8, 4) is 0 Å². The number of fused-ring (bicyclic) bond motifs is 1. The van der Waals surface area contributed by atoms with Crippen molar-refractivity contribution in [3.63, 3.8) is 0 Å². The van der Waals surface area contributed by atoms with E-state index in [1.54, 1.807) is 0 Å². The molecule has 27 heavy (non-hydrogen) atoms. The molecule has 0 fully saturated rings. The lowest BCUT2D eigenvalue weighted by atomic mass is 10.1. The number of carbonyl (C=O) groups is 3. The van der Waals surface area contributed by atoms with E-state index < -0.39 is 47.4 Å². The normalized spacial score (nSPS) is 12.9. The van der Waals surface area contributed by atoms with E-state index in [9.17, 15) is 28.9 Å². The molecule has 0 bridgehead atoms. The molecular weight excluding hydrogens is 383 g/mol. The maximum atomic E-state index is 13.7. The summed E-state index contributed by atoms with van der Waals surface area (Å²) >= 11 is 5.82. The van der Waals surface area contributed by atoms with Crippen molar-refractivity contribution < 1.29 is 28.4 Å². The van der Waals surface area contributed by atoms with E-state index >= 15 is 0 Å². The Morgan fingerprint density at radius 1 is 1.19 bits per heavy atom. The van der Waals surface area contributed by atoms with E-state index in [4.69, 9.17) is 16.3 Å². The maximum absolute atomic E-state index is 13.7. The van der Waals surface area contributed by atoms with Gasteiger partial charge in [0.25, 0.3) is 17.5 Å². The van der Waals surface area contributed by atoms with Crippen LogP contribution in [0.2, 0.25) is 5.02 Å². The molecule has 0 aliphatic carbocycles. The van der Waals surface area contributed by atoms with Crippen molar-refractivity contribution in [1.82, 2.24) is 4.90 Å². The largest absolute Gasteiger partial charge is 0.459 e. The highest BCUT2D eigenvalue weighted by Gasteiger charge is 2.41. The number of hydrogen-bond donors (Lipinski definition) is 0. The molecule has 1 heterocycles. The summed E-state index contributed by atoms with van der Waals surface area (Å²) in [5.74, 6) is -3.49. The molecule has 0 N–H and O–H groups in total. The second-order valence-electron chi connectivity index (χ2n) is 5.51. The van der Waals surface area contributed by atoms with Gasteiger partial charge in [-0.25, -0.2) is 4.39 Å². The number of halogens is 2. The first-order valence-electron chi connectivity index (χ1n) is 7.53. The van der Waals surface area contributed by atoms with E-state index in [-0.39, 0.29) is 21.7 Å². The summed E-state index contributed by atoms with van der Waals surface area (Å²) < 4.78 is 18.6. The molecule has 2 aromatic rings. The average molecular weight is 393 g/mol. The van der Waals surface area contributed by atoms with Crippen molar-refractivity contribution in [3.05, 3.63) is 74.0 Å². The van der Waals surface area contributed by atoms with E-state index in [1.165, 1.54) is 24.3 Å². The number of ether oxygens (including phenoxy) is 1. The number of benzene rings is 2. The Bertz CT molecular complexity index is 973. The van der Waals surface area contributed by atoms with Gasteiger partial charge in [-0.1, -0.05) is 23.7 Å². The summed E-state index contributed by atoms with van der Waals surface area (Å²) in [6, 6.07) is 7.55. The van der Waals surface area contributed by atoms with Crippen LogP contribution in [0.5, 0.6) is 0 Å². The van der Waals surface area contributed by atoms with Gasteiger partial charge in [0.05, 0.1) is 15.5 Å². The van der Waals surface area contributed by atoms with Crippen LogP contribution in [0.4, 0.5) is 10.1 Å². The smallest absolute Gasteiger partial charge is 0.326 e. The second-order valence-corrected chi connectivity index (χ2v) is 5.92. The molecule has 2 aromatic carbocycles. The van der Waals surface area contributed by atoms with Crippen molar-refractivity contribution in [2.75, 3.05) is 6.54 Å². The first-order valence-corrected chi connectivity index (χ1v) is 7.91. The van der Waals surface area contributed by atoms with Gasteiger partial charge >= 0.3 is 5.97 Å². The summed E-state index contributed by atoms with van der Waals surface area (Å²) in [7, 11) is 0. The zero-order valence-corrected chi connectivity index (χ0v) is 14.2. The Morgan fingerprint density at radius 3 is 2.56 bits per heavy atom. The highest BCUT2D eigenvalue weighted by atomic mass is 35.5. The monoisotopic (exact) mass is 392 g/mol. The SMILES string of the molecule is O=C(CN1C(=O)c2cccc([N+](=O)[O-])c2C1=O)OCc1c(F)cccc1Cl. The lowest BCUT2D eigenvalue weighted by Crippen LogP contribution is -2.35. The van der Waals surface area contributed by atoms with Crippen LogP contribution in [0.25, 0.3) is 0 Å². The molecule has 0 unspecified atom stereocenters. The summed E-state index contributed by atoms with van der Waals surface area (Å²) in [6.07, 6.45) is 0. The Morgan fingerprint density at radius 2 is 1.89 bits per heavy atom. The minimum atomic E-state index is -0.994. The highest BCUT2D eigenvalue weighted by molar-refractivity contribution is 6.31. The minimum absolute atomic E-state index is 0.0504. The molecule has 0 radical (unpaired) electrons. The van der Waals surface area contributed by atoms with Crippen molar-refractivity contribution >= 4 is 35.1 Å². The molecule has 8 nitrogen and oxygen atoms in total. The van der Waals surface area contributed by atoms with Crippen LogP contribution in [-0.4, -0.2) is 34.2 Å². The van der Waals surface area contributed by atoms with Crippen LogP contribution in [0.1, 0.15) is 26.3 Å². The van der Waals surface area contributed by atoms with Gasteiger partial charge in [-0.15, -0.1) is 0 Å². The lowest BCUT2D eigenvalue weighted by Gasteiger charge is -2.13. The molecule has 0 atom stereocenters. The standard InChI is InChI=1S/C17H10ClFN2O6/c18-11-4-2-5-12(19)10(11)8-27-14(22)7-20-16(23)9-3-1-6-13(21(25)26)15(9)17(20)24/h1-6H,7-8H2. The predicted octanol–water partition coefficient (Wildman–Crippen LogP) is 2.73. The molecule has 0 saturated heterocycles. The maximum Gasteiger partial charge on any atom is 0.326 e. The van der Waals surface area contributed by atoms with Gasteiger partial charge in [0.2, 0.25) is 0 Å². The van der Waals surface area contributed by atoms with Crippen LogP contribution in [0.15, 0.2) is 36.4 Å². The van der Waals surface area contributed by atoms with Gasteiger partial charge in [-0.3, -0.25) is 29.4 Å². The molecular formula is C17H10ClFN2O6. The van der Waals surface area contributed by atoms with Gasteiger partial charge < -0.3 is 4.74 Å².